The fraction of sp³-hybridized carbons (Fsp3) is 0. The van der Waals surface area contributed by atoms with E-state index in [0.29, 0.717) is 5.69 Å². The summed E-state index contributed by atoms with van der Waals surface area (Å²) in [5.74, 6) is -0.541. The lowest BCUT2D eigenvalue weighted by molar-refractivity contribution is 0.611. The van der Waals surface area contributed by atoms with E-state index < -0.39 is 5.82 Å². The van der Waals surface area contributed by atoms with Crippen LogP contribution < -0.4 is 5.43 Å². The SMILES string of the molecule is N#CC(C#N)=NNc1ccc(-n2cncn2)c(F)c1. The van der Waals surface area contributed by atoms with Crippen LogP contribution in [0.15, 0.2) is 36.0 Å². The Bertz CT molecular complexity index is 675. The summed E-state index contributed by atoms with van der Waals surface area (Å²) < 4.78 is 15.1. The molecule has 1 N–H and O–H groups in total. The van der Waals surface area contributed by atoms with Gasteiger partial charge in [0.1, 0.15) is 30.5 Å². The second kappa shape index (κ2) is 5.38. The van der Waals surface area contributed by atoms with E-state index in [9.17, 15) is 4.39 Å². The van der Waals surface area contributed by atoms with Gasteiger partial charge in [-0.2, -0.15) is 20.7 Å². The first-order valence-corrected chi connectivity index (χ1v) is 5.03. The predicted molar refractivity (Wildman–Crippen MR) is 63.6 cm³/mol. The molecule has 0 atom stereocenters. The maximum Gasteiger partial charge on any atom is 0.237 e. The van der Waals surface area contributed by atoms with Gasteiger partial charge in [-0.05, 0) is 12.1 Å². The summed E-state index contributed by atoms with van der Waals surface area (Å²) in [5, 5.41) is 24.3. The highest BCUT2D eigenvalue weighted by Crippen LogP contribution is 2.17. The third-order valence-corrected chi connectivity index (χ3v) is 2.12. The first kappa shape index (κ1) is 12.2. The first-order valence-electron chi connectivity index (χ1n) is 5.03. The summed E-state index contributed by atoms with van der Waals surface area (Å²) in [6, 6.07) is 7.34. The Morgan fingerprint density at radius 3 is 2.74 bits per heavy atom. The van der Waals surface area contributed by atoms with E-state index in [1.54, 1.807) is 12.1 Å². The number of rotatable bonds is 3. The standard InChI is InChI=1S/C11H6FN7/c12-10-3-8(17-18-9(4-13)5-14)1-2-11(10)19-7-15-6-16-19/h1-3,6-7,17H. The van der Waals surface area contributed by atoms with Crippen molar-refractivity contribution in [3.8, 4) is 17.8 Å². The number of nitrogens with zero attached hydrogens (tertiary/aromatic N) is 6. The highest BCUT2D eigenvalue weighted by atomic mass is 19.1. The molecule has 0 fully saturated rings. The smallest absolute Gasteiger partial charge is 0.237 e. The molecule has 2 aromatic rings. The van der Waals surface area contributed by atoms with Crippen LogP contribution in [0.1, 0.15) is 0 Å². The molecule has 92 valence electrons. The summed E-state index contributed by atoms with van der Waals surface area (Å²) in [4.78, 5) is 3.72. The van der Waals surface area contributed by atoms with E-state index in [1.807, 2.05) is 0 Å². The summed E-state index contributed by atoms with van der Waals surface area (Å²) in [7, 11) is 0. The normalized spacial score (nSPS) is 9.21. The molecule has 1 aromatic carbocycles. The molecule has 0 amide bonds. The van der Waals surface area contributed by atoms with Gasteiger partial charge < -0.3 is 0 Å². The summed E-state index contributed by atoms with van der Waals surface area (Å²) in [6.07, 6.45) is 2.66. The van der Waals surface area contributed by atoms with Crippen LogP contribution in [0.4, 0.5) is 10.1 Å². The number of nitriles is 2. The monoisotopic (exact) mass is 255 g/mol. The van der Waals surface area contributed by atoms with Gasteiger partial charge in [-0.15, -0.1) is 0 Å². The Morgan fingerprint density at radius 2 is 2.16 bits per heavy atom. The number of nitrogens with one attached hydrogen (secondary N) is 1. The minimum atomic E-state index is -0.541. The van der Waals surface area contributed by atoms with Gasteiger partial charge >= 0.3 is 0 Å². The van der Waals surface area contributed by atoms with Crippen molar-refractivity contribution in [2.24, 2.45) is 5.10 Å². The number of halogens is 1. The van der Waals surface area contributed by atoms with Crippen molar-refractivity contribution in [1.82, 2.24) is 14.8 Å². The van der Waals surface area contributed by atoms with Crippen LogP contribution in [0, 0.1) is 28.5 Å². The van der Waals surface area contributed by atoms with Crippen molar-refractivity contribution < 1.29 is 4.39 Å². The first-order chi connectivity index (χ1) is 9.24. The lowest BCUT2D eigenvalue weighted by atomic mass is 10.2. The molecular weight excluding hydrogens is 249 g/mol. The molecule has 1 aromatic heterocycles. The largest absolute Gasteiger partial charge is 0.276 e. The molecule has 19 heavy (non-hydrogen) atoms. The third kappa shape index (κ3) is 2.70. The van der Waals surface area contributed by atoms with Crippen LogP contribution in [0.5, 0.6) is 0 Å². The average Bonchev–Trinajstić information content (AvgIpc) is 2.94. The molecule has 0 saturated carbocycles. The number of anilines is 1. The van der Waals surface area contributed by atoms with Crippen LogP contribution >= 0.6 is 0 Å². The summed E-state index contributed by atoms with van der Waals surface area (Å²) >= 11 is 0. The van der Waals surface area contributed by atoms with Crippen LogP contribution in [-0.4, -0.2) is 20.5 Å². The summed E-state index contributed by atoms with van der Waals surface area (Å²) in [6.45, 7) is 0. The van der Waals surface area contributed by atoms with Gasteiger partial charge in [-0.1, -0.05) is 0 Å². The Labute approximate surface area is 107 Å². The quantitative estimate of drug-likeness (QED) is 0.656. The van der Waals surface area contributed by atoms with E-state index in [4.69, 9.17) is 10.5 Å². The van der Waals surface area contributed by atoms with Crippen molar-refractivity contribution in [3.63, 3.8) is 0 Å². The molecule has 1 heterocycles. The van der Waals surface area contributed by atoms with Gasteiger partial charge in [0.25, 0.3) is 0 Å². The highest BCUT2D eigenvalue weighted by Gasteiger charge is 2.06. The fourth-order valence-corrected chi connectivity index (χ4v) is 1.29. The van der Waals surface area contributed by atoms with Crippen LogP contribution in [-0.2, 0) is 0 Å². The second-order valence-electron chi connectivity index (χ2n) is 3.30. The van der Waals surface area contributed by atoms with Gasteiger partial charge in [0, 0.05) is 6.07 Å². The Balaban J connectivity index is 2.24. The molecule has 0 saturated heterocycles. The van der Waals surface area contributed by atoms with Gasteiger partial charge in [0.2, 0.25) is 5.71 Å². The van der Waals surface area contributed by atoms with Crippen LogP contribution in [0.2, 0.25) is 0 Å². The minimum Gasteiger partial charge on any atom is -0.276 e. The van der Waals surface area contributed by atoms with E-state index >= 15 is 0 Å². The molecular formula is C11H6FN7. The lowest BCUT2D eigenvalue weighted by Gasteiger charge is -2.05. The number of benzene rings is 1. The zero-order valence-corrected chi connectivity index (χ0v) is 9.45. The molecule has 0 aliphatic heterocycles. The molecule has 0 spiro atoms. The number of hydrogen-bond donors (Lipinski definition) is 1. The van der Waals surface area contributed by atoms with Gasteiger partial charge in [0.05, 0.1) is 5.69 Å². The summed E-state index contributed by atoms with van der Waals surface area (Å²) in [5.41, 5.74) is 2.61. The van der Waals surface area contributed by atoms with Crippen molar-refractivity contribution in [2.45, 2.75) is 0 Å². The molecule has 0 unspecified atom stereocenters. The van der Waals surface area contributed by atoms with E-state index in [2.05, 4.69) is 20.6 Å². The minimum absolute atomic E-state index is 0.229. The predicted octanol–water partition coefficient (Wildman–Crippen LogP) is 1.22. The Morgan fingerprint density at radius 1 is 1.37 bits per heavy atom. The van der Waals surface area contributed by atoms with Gasteiger partial charge in [-0.3, -0.25) is 5.43 Å². The molecule has 0 aliphatic carbocycles. The average molecular weight is 255 g/mol. The Hall–Kier alpha value is -3.26. The molecule has 8 heteroatoms. The van der Waals surface area contributed by atoms with E-state index in [0.717, 1.165) is 0 Å². The maximum absolute atomic E-state index is 13.8. The van der Waals surface area contributed by atoms with Crippen molar-refractivity contribution in [3.05, 3.63) is 36.7 Å². The molecule has 0 aliphatic rings. The third-order valence-electron chi connectivity index (χ3n) is 2.12. The fourth-order valence-electron chi connectivity index (χ4n) is 1.29. The Kier molecular flexibility index (Phi) is 3.46. The highest BCUT2D eigenvalue weighted by molar-refractivity contribution is 6.10. The van der Waals surface area contributed by atoms with E-state index in [1.165, 1.54) is 35.5 Å². The van der Waals surface area contributed by atoms with Crippen LogP contribution in [0.25, 0.3) is 5.69 Å². The lowest BCUT2D eigenvalue weighted by Crippen LogP contribution is -2.00. The zero-order chi connectivity index (χ0) is 13.7. The van der Waals surface area contributed by atoms with Crippen molar-refractivity contribution in [2.75, 3.05) is 5.43 Å². The van der Waals surface area contributed by atoms with Crippen molar-refractivity contribution >= 4 is 11.4 Å². The van der Waals surface area contributed by atoms with E-state index in [-0.39, 0.29) is 11.4 Å². The topological polar surface area (TPSA) is 103 Å². The number of hydrogen-bond acceptors (Lipinski definition) is 6. The zero-order valence-electron chi connectivity index (χ0n) is 9.45. The number of hydrazone groups is 1. The second-order valence-corrected chi connectivity index (χ2v) is 3.30. The molecule has 0 bridgehead atoms. The number of aromatic nitrogens is 3. The maximum atomic E-state index is 13.8. The van der Waals surface area contributed by atoms with Crippen LogP contribution in [0.3, 0.4) is 0 Å². The van der Waals surface area contributed by atoms with Gasteiger partial charge in [0.15, 0.2) is 5.82 Å². The molecule has 0 radical (unpaired) electrons. The molecule has 2 rings (SSSR count). The van der Waals surface area contributed by atoms with Crippen molar-refractivity contribution in [1.29, 1.82) is 10.5 Å². The molecule has 7 nitrogen and oxygen atoms in total. The van der Waals surface area contributed by atoms with Gasteiger partial charge in [-0.25, -0.2) is 14.1 Å².